The molecule has 2 aromatic heterocycles. The maximum absolute atomic E-state index is 4.62. The van der Waals surface area contributed by atoms with Crippen LogP contribution in [0.4, 0.5) is 0 Å². The van der Waals surface area contributed by atoms with Crippen LogP contribution in [0.2, 0.25) is 0 Å². The van der Waals surface area contributed by atoms with E-state index in [2.05, 4.69) is 32.0 Å². The largest absolute Gasteiger partial charge is 0.290 e. The summed E-state index contributed by atoms with van der Waals surface area (Å²) < 4.78 is 0. The predicted octanol–water partition coefficient (Wildman–Crippen LogP) is 2.91. The Bertz CT molecular complexity index is 555. The predicted molar refractivity (Wildman–Crippen MR) is 78.0 cm³/mol. The van der Waals surface area contributed by atoms with Crippen molar-refractivity contribution in [3.8, 4) is 0 Å². The molecule has 0 bridgehead atoms. The zero-order valence-corrected chi connectivity index (χ0v) is 11.9. The fourth-order valence-electron chi connectivity index (χ4n) is 2.90. The van der Waals surface area contributed by atoms with Gasteiger partial charge in [0.05, 0.1) is 11.7 Å². The van der Waals surface area contributed by atoms with E-state index in [4.69, 9.17) is 0 Å². The second-order valence-corrected chi connectivity index (χ2v) is 5.37. The van der Waals surface area contributed by atoms with Crippen LogP contribution < -0.4 is 0 Å². The van der Waals surface area contributed by atoms with E-state index in [9.17, 15) is 0 Å². The first-order valence-electron chi connectivity index (χ1n) is 7.25. The monoisotopic (exact) mass is 268 g/mol. The third-order valence-corrected chi connectivity index (χ3v) is 3.86. The number of rotatable bonds is 3. The van der Waals surface area contributed by atoms with Gasteiger partial charge in [-0.15, -0.1) is 0 Å². The number of hydrogen-bond donors (Lipinski definition) is 0. The van der Waals surface area contributed by atoms with Crippen LogP contribution in [0.1, 0.15) is 42.4 Å². The highest BCUT2D eigenvalue weighted by molar-refractivity contribution is 5.12. The summed E-state index contributed by atoms with van der Waals surface area (Å²) in [6, 6.07) is 6.61. The lowest BCUT2D eigenvalue weighted by Gasteiger charge is -2.35. The van der Waals surface area contributed by atoms with Crippen LogP contribution in [0.5, 0.6) is 0 Å². The van der Waals surface area contributed by atoms with Gasteiger partial charge in [-0.1, -0.05) is 12.5 Å². The highest BCUT2D eigenvalue weighted by Gasteiger charge is 2.25. The van der Waals surface area contributed by atoms with Gasteiger partial charge in [0.2, 0.25) is 0 Å². The molecule has 1 unspecified atom stereocenters. The van der Waals surface area contributed by atoms with Gasteiger partial charge in [-0.2, -0.15) is 0 Å². The van der Waals surface area contributed by atoms with Crippen molar-refractivity contribution in [1.29, 1.82) is 0 Å². The molecule has 20 heavy (non-hydrogen) atoms. The summed E-state index contributed by atoms with van der Waals surface area (Å²) in [4.78, 5) is 15.6. The van der Waals surface area contributed by atoms with E-state index in [1.54, 1.807) is 0 Å². The number of hydrogen-bond acceptors (Lipinski definition) is 4. The maximum Gasteiger partial charge on any atom is 0.125 e. The summed E-state index contributed by atoms with van der Waals surface area (Å²) in [6.07, 6.45) is 9.37. The molecule has 1 saturated heterocycles. The smallest absolute Gasteiger partial charge is 0.125 e. The molecule has 3 heterocycles. The Morgan fingerprint density at radius 1 is 1.25 bits per heavy atom. The summed E-state index contributed by atoms with van der Waals surface area (Å²) in [5.74, 6) is 0.856. The van der Waals surface area contributed by atoms with E-state index < -0.39 is 0 Å². The molecule has 3 rings (SSSR count). The lowest BCUT2D eigenvalue weighted by Crippen LogP contribution is -2.33. The first kappa shape index (κ1) is 13.2. The van der Waals surface area contributed by atoms with Crippen molar-refractivity contribution in [3.05, 3.63) is 53.9 Å². The van der Waals surface area contributed by atoms with Crippen LogP contribution in [0.3, 0.4) is 0 Å². The summed E-state index contributed by atoms with van der Waals surface area (Å²) in [5, 5.41) is 0. The molecule has 0 spiro atoms. The Hall–Kier alpha value is -1.81. The molecule has 1 atom stereocenters. The Kier molecular flexibility index (Phi) is 4.02. The van der Waals surface area contributed by atoms with E-state index in [-0.39, 0.29) is 0 Å². The van der Waals surface area contributed by atoms with Crippen LogP contribution in [0.25, 0.3) is 0 Å². The van der Waals surface area contributed by atoms with Gasteiger partial charge in [0, 0.05) is 25.1 Å². The van der Waals surface area contributed by atoms with Gasteiger partial charge >= 0.3 is 0 Å². The van der Waals surface area contributed by atoms with Crippen molar-refractivity contribution in [2.75, 3.05) is 6.54 Å². The van der Waals surface area contributed by atoms with E-state index in [1.807, 2.05) is 31.6 Å². The first-order chi connectivity index (χ1) is 9.83. The van der Waals surface area contributed by atoms with E-state index in [0.29, 0.717) is 6.04 Å². The van der Waals surface area contributed by atoms with Gasteiger partial charge in [0.1, 0.15) is 5.82 Å². The van der Waals surface area contributed by atoms with Crippen molar-refractivity contribution in [3.63, 3.8) is 0 Å². The minimum absolute atomic E-state index is 0.408. The molecule has 0 N–H and O–H groups in total. The van der Waals surface area contributed by atoms with Crippen LogP contribution in [0.15, 0.2) is 36.8 Å². The number of likely N-dealkylation sites (tertiary alicyclic amines) is 1. The highest BCUT2D eigenvalue weighted by atomic mass is 15.2. The van der Waals surface area contributed by atoms with E-state index >= 15 is 0 Å². The molecule has 0 saturated carbocycles. The zero-order valence-electron chi connectivity index (χ0n) is 11.9. The Labute approximate surface area is 119 Å². The number of aromatic nitrogens is 3. The first-order valence-corrected chi connectivity index (χ1v) is 7.25. The molecular formula is C16H20N4. The van der Waals surface area contributed by atoms with Crippen LogP contribution in [-0.2, 0) is 6.54 Å². The summed E-state index contributed by atoms with van der Waals surface area (Å²) in [5.41, 5.74) is 2.42. The lowest BCUT2D eigenvalue weighted by molar-refractivity contribution is 0.137. The molecule has 4 nitrogen and oxygen atoms in total. The van der Waals surface area contributed by atoms with Gasteiger partial charge in [-0.05, 0) is 44.0 Å². The Morgan fingerprint density at radius 3 is 3.00 bits per heavy atom. The van der Waals surface area contributed by atoms with Crippen molar-refractivity contribution in [2.24, 2.45) is 0 Å². The Morgan fingerprint density at radius 2 is 2.20 bits per heavy atom. The average Bonchev–Trinajstić information content (AvgIpc) is 2.49. The van der Waals surface area contributed by atoms with Crippen LogP contribution in [-0.4, -0.2) is 26.4 Å². The van der Waals surface area contributed by atoms with Gasteiger partial charge in [-0.25, -0.2) is 9.97 Å². The SMILES string of the molecule is Cc1nccc(C2CCCCN2Cc2cccnc2)n1. The molecule has 1 aliphatic rings. The molecule has 0 aromatic carbocycles. The molecule has 1 aliphatic heterocycles. The molecule has 0 radical (unpaired) electrons. The highest BCUT2D eigenvalue weighted by Crippen LogP contribution is 2.30. The standard InChI is InChI=1S/C16H20N4/c1-13-18-9-7-15(19-13)16-6-2-3-10-20(16)12-14-5-4-8-17-11-14/h4-5,7-9,11,16H,2-3,6,10,12H2,1H3. The quantitative estimate of drug-likeness (QED) is 0.858. The number of piperidine rings is 1. The van der Waals surface area contributed by atoms with Crippen molar-refractivity contribution < 1.29 is 0 Å². The second kappa shape index (κ2) is 6.09. The molecule has 1 fully saturated rings. The minimum Gasteiger partial charge on any atom is -0.290 e. The van der Waals surface area contributed by atoms with Gasteiger partial charge in [-0.3, -0.25) is 9.88 Å². The molecule has 0 aliphatic carbocycles. The van der Waals surface area contributed by atoms with Crippen molar-refractivity contribution in [2.45, 2.75) is 38.8 Å². The maximum atomic E-state index is 4.62. The molecule has 4 heteroatoms. The van der Waals surface area contributed by atoms with Gasteiger partial charge in [0.25, 0.3) is 0 Å². The fourth-order valence-corrected chi connectivity index (χ4v) is 2.90. The van der Waals surface area contributed by atoms with Crippen LogP contribution in [0, 0.1) is 6.92 Å². The third kappa shape index (κ3) is 3.02. The minimum atomic E-state index is 0.408. The number of nitrogens with zero attached hydrogens (tertiary/aromatic N) is 4. The van der Waals surface area contributed by atoms with Crippen LogP contribution >= 0.6 is 0 Å². The van der Waals surface area contributed by atoms with Crippen molar-refractivity contribution >= 4 is 0 Å². The van der Waals surface area contributed by atoms with E-state index in [0.717, 1.165) is 24.6 Å². The average molecular weight is 268 g/mol. The number of pyridine rings is 1. The van der Waals surface area contributed by atoms with Crippen molar-refractivity contribution in [1.82, 2.24) is 19.9 Å². The van der Waals surface area contributed by atoms with E-state index in [1.165, 1.54) is 24.8 Å². The molecular weight excluding hydrogens is 248 g/mol. The summed E-state index contributed by atoms with van der Waals surface area (Å²) in [7, 11) is 0. The van der Waals surface area contributed by atoms with Gasteiger partial charge < -0.3 is 0 Å². The normalized spacial score (nSPS) is 19.9. The molecule has 104 valence electrons. The number of aryl methyl sites for hydroxylation is 1. The summed E-state index contributed by atoms with van der Waals surface area (Å²) in [6.45, 7) is 4.03. The second-order valence-electron chi connectivity index (χ2n) is 5.37. The third-order valence-electron chi connectivity index (χ3n) is 3.86. The molecule has 2 aromatic rings. The molecule has 0 amide bonds. The lowest BCUT2D eigenvalue weighted by atomic mass is 9.98. The topological polar surface area (TPSA) is 41.9 Å². The zero-order chi connectivity index (χ0) is 13.8. The fraction of sp³-hybridized carbons (Fsp3) is 0.438. The summed E-state index contributed by atoms with van der Waals surface area (Å²) >= 11 is 0. The Balaban J connectivity index is 1.80. The van der Waals surface area contributed by atoms with Gasteiger partial charge in [0.15, 0.2) is 0 Å².